The molecular weight excluding hydrogens is 390 g/mol. The summed E-state index contributed by atoms with van der Waals surface area (Å²) < 4.78 is 55.8. The Bertz CT molecular complexity index is 1110. The third-order valence-corrected chi connectivity index (χ3v) is 4.25. The number of aliphatic imine (C=N–C) groups is 1. The van der Waals surface area contributed by atoms with Gasteiger partial charge in [-0.05, 0) is 42.0 Å². The molecule has 150 valence electrons. The van der Waals surface area contributed by atoms with Crippen LogP contribution >= 0.6 is 0 Å². The second kappa shape index (κ2) is 7.82. The van der Waals surface area contributed by atoms with Crippen LogP contribution < -0.4 is 5.73 Å². The Kier molecular flexibility index (Phi) is 5.44. The van der Waals surface area contributed by atoms with Crippen molar-refractivity contribution < 1.29 is 17.6 Å². The zero-order valence-corrected chi connectivity index (χ0v) is 15.1. The molecule has 0 saturated carbocycles. The molecule has 3 aromatic rings. The van der Waals surface area contributed by atoms with Gasteiger partial charge in [0.1, 0.15) is 23.7 Å². The van der Waals surface area contributed by atoms with Crippen LogP contribution in [0.3, 0.4) is 0 Å². The van der Waals surface area contributed by atoms with Crippen LogP contribution in [0.25, 0.3) is 16.9 Å². The van der Waals surface area contributed by atoms with Gasteiger partial charge in [-0.3, -0.25) is 4.99 Å². The summed E-state index contributed by atoms with van der Waals surface area (Å²) in [6.07, 6.45) is -2.00. The molecule has 29 heavy (non-hydrogen) atoms. The predicted molar refractivity (Wildman–Crippen MR) is 102 cm³/mol. The number of nitrogens with two attached hydrogens (primary N) is 1. The summed E-state index contributed by atoms with van der Waals surface area (Å²) in [6.45, 7) is -0.203. The van der Waals surface area contributed by atoms with Gasteiger partial charge in [0.25, 0.3) is 0 Å². The maximum atomic E-state index is 13.7. The number of allylic oxidation sites excluding steroid dienone is 1. The van der Waals surface area contributed by atoms with E-state index < -0.39 is 17.7 Å². The number of alkyl halides is 3. The highest BCUT2D eigenvalue weighted by atomic mass is 19.4. The summed E-state index contributed by atoms with van der Waals surface area (Å²) in [7, 11) is 1.01. The first kappa shape index (κ1) is 20.2. The molecule has 2 N–H and O–H groups in total. The van der Waals surface area contributed by atoms with Crippen molar-refractivity contribution in [2.45, 2.75) is 12.7 Å². The van der Waals surface area contributed by atoms with Crippen LogP contribution in [0.15, 0.2) is 59.0 Å². The lowest BCUT2D eigenvalue weighted by molar-refractivity contribution is -0.0572. The molecule has 0 aliphatic rings. The van der Waals surface area contributed by atoms with E-state index in [0.29, 0.717) is 11.3 Å². The van der Waals surface area contributed by atoms with Crippen LogP contribution in [0.4, 0.5) is 17.6 Å². The van der Waals surface area contributed by atoms with E-state index in [1.807, 2.05) is 0 Å². The Hall–Kier alpha value is -3.56. The number of fused-ring (bicyclic) bond motifs is 1. The molecule has 0 fully saturated rings. The smallest absolute Gasteiger partial charge is 0.398 e. The monoisotopic (exact) mass is 405 g/mol. The van der Waals surface area contributed by atoms with Gasteiger partial charge in [-0.1, -0.05) is 5.18 Å². The van der Waals surface area contributed by atoms with Gasteiger partial charge >= 0.3 is 6.18 Å². The molecule has 0 aliphatic carbocycles. The number of nitroso groups, excluding NO2 is 1. The van der Waals surface area contributed by atoms with Crippen molar-refractivity contribution in [2.24, 2.45) is 15.9 Å². The van der Waals surface area contributed by atoms with Crippen LogP contribution in [0, 0.1) is 10.7 Å². The quantitative estimate of drug-likeness (QED) is 0.392. The maximum absolute atomic E-state index is 13.7. The second-order valence-electron chi connectivity index (χ2n) is 6.05. The molecule has 0 spiro atoms. The van der Waals surface area contributed by atoms with Gasteiger partial charge in [0.15, 0.2) is 0 Å². The van der Waals surface area contributed by atoms with E-state index in [4.69, 9.17) is 5.73 Å². The Morgan fingerprint density at radius 3 is 2.38 bits per heavy atom. The minimum absolute atomic E-state index is 0.0994. The van der Waals surface area contributed by atoms with E-state index in [2.05, 4.69) is 15.2 Å². The van der Waals surface area contributed by atoms with E-state index in [9.17, 15) is 22.5 Å². The van der Waals surface area contributed by atoms with Crippen molar-refractivity contribution in [1.82, 2.24) is 9.38 Å². The topological polar surface area (TPSA) is 85.1 Å². The molecule has 0 bridgehead atoms. The van der Waals surface area contributed by atoms with Gasteiger partial charge in [-0.2, -0.15) is 18.1 Å². The predicted octanol–water partition coefficient (Wildman–Crippen LogP) is 4.20. The first-order chi connectivity index (χ1) is 13.8. The van der Waals surface area contributed by atoms with Crippen LogP contribution in [-0.2, 0) is 6.54 Å². The number of pyridine rings is 1. The van der Waals surface area contributed by atoms with Gasteiger partial charge in [-0.15, -0.1) is 0 Å². The minimum Gasteiger partial charge on any atom is -0.398 e. The summed E-state index contributed by atoms with van der Waals surface area (Å²) in [5.41, 5.74) is 5.44. The van der Waals surface area contributed by atoms with Crippen molar-refractivity contribution in [1.29, 1.82) is 0 Å². The van der Waals surface area contributed by atoms with E-state index in [1.54, 1.807) is 0 Å². The fourth-order valence-corrected chi connectivity index (χ4v) is 2.94. The van der Waals surface area contributed by atoms with Crippen molar-refractivity contribution >= 4 is 22.6 Å². The molecule has 2 aromatic heterocycles. The zero-order chi connectivity index (χ0) is 21.2. The standard InChI is InChI=1S/C19H15F4N5O/c1-25-18(19(21,22)23)16(17(24)11-2-5-13(20)6-3-11)12-4-7-15-26-8-14(9-27-29)28(15)10-12/h2-8,10H,9,24H2,1H3. The highest BCUT2D eigenvalue weighted by Gasteiger charge is 2.39. The van der Waals surface area contributed by atoms with Crippen molar-refractivity contribution in [2.75, 3.05) is 7.05 Å². The van der Waals surface area contributed by atoms with Crippen LogP contribution in [0.1, 0.15) is 16.8 Å². The first-order valence-electron chi connectivity index (χ1n) is 8.31. The molecule has 0 unspecified atom stereocenters. The lowest BCUT2D eigenvalue weighted by atomic mass is 9.96. The number of rotatable bonds is 5. The maximum Gasteiger partial charge on any atom is 0.433 e. The van der Waals surface area contributed by atoms with Gasteiger partial charge in [0.05, 0.1) is 11.9 Å². The van der Waals surface area contributed by atoms with E-state index in [-0.39, 0.29) is 28.9 Å². The van der Waals surface area contributed by atoms with Gasteiger partial charge in [0.2, 0.25) is 0 Å². The number of hydrogen-bond donors (Lipinski definition) is 1. The normalized spacial score (nSPS) is 13.5. The average molecular weight is 405 g/mol. The number of imidazole rings is 1. The third-order valence-electron chi connectivity index (χ3n) is 4.25. The highest BCUT2D eigenvalue weighted by Crippen LogP contribution is 2.32. The van der Waals surface area contributed by atoms with Crippen molar-refractivity contribution in [3.63, 3.8) is 0 Å². The lowest BCUT2D eigenvalue weighted by Gasteiger charge is -2.18. The molecule has 0 saturated heterocycles. The Balaban J connectivity index is 2.29. The first-order valence-corrected chi connectivity index (χ1v) is 8.31. The van der Waals surface area contributed by atoms with Gasteiger partial charge < -0.3 is 10.1 Å². The van der Waals surface area contributed by atoms with Crippen LogP contribution in [0.2, 0.25) is 0 Å². The van der Waals surface area contributed by atoms with Gasteiger partial charge in [-0.25, -0.2) is 9.37 Å². The summed E-state index contributed by atoms with van der Waals surface area (Å²) in [6, 6.07) is 7.68. The highest BCUT2D eigenvalue weighted by molar-refractivity contribution is 6.32. The number of nitrogens with zero attached hydrogens (tertiary/aromatic N) is 4. The molecule has 0 radical (unpaired) electrons. The molecule has 1 aromatic carbocycles. The third kappa shape index (κ3) is 4.00. The molecule has 0 amide bonds. The average Bonchev–Trinajstić information content (AvgIpc) is 3.07. The van der Waals surface area contributed by atoms with Crippen LogP contribution in [-0.4, -0.2) is 28.3 Å². The fourth-order valence-electron chi connectivity index (χ4n) is 2.94. The van der Waals surface area contributed by atoms with Crippen LogP contribution in [0.5, 0.6) is 0 Å². The number of aromatic nitrogens is 2. The molecule has 3 rings (SSSR count). The number of halogens is 4. The molecule has 6 nitrogen and oxygen atoms in total. The van der Waals surface area contributed by atoms with E-state index >= 15 is 0 Å². The molecule has 0 aliphatic heterocycles. The van der Waals surface area contributed by atoms with E-state index in [1.165, 1.54) is 41.1 Å². The SMILES string of the molecule is CN=C(C(=C(N)c1ccc(F)cc1)c1ccc2ncc(CN=O)n2c1)C(F)(F)F. The van der Waals surface area contributed by atoms with E-state index in [0.717, 1.165) is 19.2 Å². The summed E-state index contributed by atoms with van der Waals surface area (Å²) >= 11 is 0. The summed E-state index contributed by atoms with van der Waals surface area (Å²) in [5, 5.41) is 2.80. The largest absolute Gasteiger partial charge is 0.433 e. The Morgan fingerprint density at radius 2 is 1.79 bits per heavy atom. The molecule has 10 heteroatoms. The number of hydrogen-bond acceptors (Lipinski definition) is 5. The summed E-state index contributed by atoms with van der Waals surface area (Å²) in [4.78, 5) is 18.1. The molecule has 2 heterocycles. The fraction of sp³-hybridized carbons (Fsp3) is 0.158. The van der Waals surface area contributed by atoms with Gasteiger partial charge in [0, 0.05) is 30.1 Å². The zero-order valence-electron chi connectivity index (χ0n) is 15.1. The van der Waals surface area contributed by atoms with Crippen molar-refractivity contribution in [3.8, 4) is 0 Å². The second-order valence-corrected chi connectivity index (χ2v) is 6.05. The Labute approximate surface area is 162 Å². The minimum atomic E-state index is -4.79. The summed E-state index contributed by atoms with van der Waals surface area (Å²) in [5.74, 6) is -0.547. The molecular formula is C19H15F4N5O. The lowest BCUT2D eigenvalue weighted by Crippen LogP contribution is -2.26. The Morgan fingerprint density at radius 1 is 1.14 bits per heavy atom. The van der Waals surface area contributed by atoms with Crippen molar-refractivity contribution in [3.05, 3.63) is 76.3 Å². The number of benzene rings is 1. The molecule has 0 atom stereocenters.